The first-order chi connectivity index (χ1) is 10.8. The molecule has 0 radical (unpaired) electrons. The van der Waals surface area contributed by atoms with Crippen LogP contribution < -0.4 is 4.90 Å². The second kappa shape index (κ2) is 6.65. The van der Waals surface area contributed by atoms with E-state index in [1.165, 1.54) is 17.7 Å². The summed E-state index contributed by atoms with van der Waals surface area (Å²) in [6, 6.07) is 18.4. The zero-order chi connectivity index (χ0) is 15.4. The Morgan fingerprint density at radius 2 is 1.86 bits per heavy atom. The molecule has 1 aliphatic rings. The minimum absolute atomic E-state index is 0.252. The van der Waals surface area contributed by atoms with Crippen molar-refractivity contribution in [3.8, 4) is 0 Å². The molecule has 1 saturated heterocycles. The van der Waals surface area contributed by atoms with Crippen LogP contribution in [0.2, 0.25) is 0 Å². The van der Waals surface area contributed by atoms with Crippen LogP contribution in [0.1, 0.15) is 35.2 Å². The Morgan fingerprint density at radius 1 is 1.14 bits per heavy atom. The standard InChI is InChI=1S/C19H21NO2/c1-2-22-19(21)16-8-10-18(11-9-16)20-13-12-17(14-20)15-6-4-3-5-7-15/h3-11,17H,2,12-14H2,1H3. The van der Waals surface area contributed by atoms with Crippen LogP contribution in [0.3, 0.4) is 0 Å². The van der Waals surface area contributed by atoms with E-state index in [0.717, 1.165) is 13.1 Å². The second-order valence-corrected chi connectivity index (χ2v) is 5.61. The first-order valence-electron chi connectivity index (χ1n) is 7.85. The molecule has 1 unspecified atom stereocenters. The Kier molecular flexibility index (Phi) is 4.42. The van der Waals surface area contributed by atoms with E-state index >= 15 is 0 Å². The van der Waals surface area contributed by atoms with Gasteiger partial charge in [-0.05, 0) is 43.2 Å². The maximum absolute atomic E-state index is 11.7. The van der Waals surface area contributed by atoms with Gasteiger partial charge in [0.1, 0.15) is 0 Å². The van der Waals surface area contributed by atoms with E-state index in [2.05, 4.69) is 35.2 Å². The molecule has 2 aromatic carbocycles. The highest BCUT2D eigenvalue weighted by atomic mass is 16.5. The highest BCUT2D eigenvalue weighted by Crippen LogP contribution is 2.30. The lowest BCUT2D eigenvalue weighted by atomic mass is 9.99. The number of anilines is 1. The Hall–Kier alpha value is -2.29. The maximum Gasteiger partial charge on any atom is 0.338 e. The second-order valence-electron chi connectivity index (χ2n) is 5.61. The van der Waals surface area contributed by atoms with E-state index in [-0.39, 0.29) is 5.97 Å². The Morgan fingerprint density at radius 3 is 2.55 bits per heavy atom. The van der Waals surface area contributed by atoms with Crippen LogP contribution in [-0.4, -0.2) is 25.7 Å². The van der Waals surface area contributed by atoms with Crippen molar-refractivity contribution in [2.45, 2.75) is 19.3 Å². The van der Waals surface area contributed by atoms with Crippen molar-refractivity contribution >= 4 is 11.7 Å². The molecule has 0 bridgehead atoms. The summed E-state index contributed by atoms with van der Waals surface area (Å²) in [6.45, 7) is 4.31. The molecular weight excluding hydrogens is 274 g/mol. The number of carbonyl (C=O) groups excluding carboxylic acids is 1. The predicted octanol–water partition coefficient (Wildman–Crippen LogP) is 3.86. The number of hydrogen-bond donors (Lipinski definition) is 0. The lowest BCUT2D eigenvalue weighted by Gasteiger charge is -2.19. The van der Waals surface area contributed by atoms with Crippen LogP contribution in [-0.2, 0) is 4.74 Å². The molecule has 0 aliphatic carbocycles. The summed E-state index contributed by atoms with van der Waals surface area (Å²) in [5.41, 5.74) is 3.20. The highest BCUT2D eigenvalue weighted by Gasteiger charge is 2.23. The first kappa shape index (κ1) is 14.6. The van der Waals surface area contributed by atoms with E-state index in [0.29, 0.717) is 18.1 Å². The number of esters is 1. The molecule has 0 N–H and O–H groups in total. The average Bonchev–Trinajstić information content (AvgIpc) is 3.06. The summed E-state index contributed by atoms with van der Waals surface area (Å²) in [5, 5.41) is 0. The number of nitrogens with zero attached hydrogens (tertiary/aromatic N) is 1. The minimum atomic E-state index is -0.252. The summed E-state index contributed by atoms with van der Waals surface area (Å²) >= 11 is 0. The number of benzene rings is 2. The molecule has 22 heavy (non-hydrogen) atoms. The Balaban J connectivity index is 1.67. The quantitative estimate of drug-likeness (QED) is 0.802. The molecule has 3 rings (SSSR count). The van der Waals surface area contributed by atoms with E-state index in [1.807, 2.05) is 31.2 Å². The van der Waals surface area contributed by atoms with Gasteiger partial charge in [0.2, 0.25) is 0 Å². The first-order valence-corrected chi connectivity index (χ1v) is 7.85. The largest absolute Gasteiger partial charge is 0.462 e. The summed E-state index contributed by atoms with van der Waals surface area (Å²) in [6.07, 6.45) is 1.17. The fraction of sp³-hybridized carbons (Fsp3) is 0.316. The molecule has 114 valence electrons. The fourth-order valence-electron chi connectivity index (χ4n) is 3.01. The molecule has 0 saturated carbocycles. The van der Waals surface area contributed by atoms with Gasteiger partial charge in [0.25, 0.3) is 0 Å². The monoisotopic (exact) mass is 295 g/mol. The molecule has 2 aromatic rings. The molecule has 0 aromatic heterocycles. The third-order valence-electron chi connectivity index (χ3n) is 4.20. The number of rotatable bonds is 4. The van der Waals surface area contributed by atoms with Gasteiger partial charge in [-0.1, -0.05) is 30.3 Å². The highest BCUT2D eigenvalue weighted by molar-refractivity contribution is 5.89. The van der Waals surface area contributed by atoms with Gasteiger partial charge < -0.3 is 9.64 Å². The van der Waals surface area contributed by atoms with Gasteiger partial charge in [-0.3, -0.25) is 0 Å². The van der Waals surface area contributed by atoms with Crippen LogP contribution >= 0.6 is 0 Å². The van der Waals surface area contributed by atoms with Crippen molar-refractivity contribution in [1.29, 1.82) is 0 Å². The number of carbonyl (C=O) groups is 1. The van der Waals surface area contributed by atoms with Crippen molar-refractivity contribution in [3.05, 3.63) is 65.7 Å². The van der Waals surface area contributed by atoms with E-state index in [9.17, 15) is 4.79 Å². The molecule has 3 nitrogen and oxygen atoms in total. The van der Waals surface area contributed by atoms with E-state index in [1.54, 1.807) is 0 Å². The Bertz CT molecular complexity index is 622. The third-order valence-corrected chi connectivity index (χ3v) is 4.20. The van der Waals surface area contributed by atoms with Crippen molar-refractivity contribution < 1.29 is 9.53 Å². The molecule has 0 amide bonds. The van der Waals surface area contributed by atoms with E-state index in [4.69, 9.17) is 4.74 Å². The SMILES string of the molecule is CCOC(=O)c1ccc(N2CCC(c3ccccc3)C2)cc1. The normalized spacial score (nSPS) is 17.5. The van der Waals surface area contributed by atoms with Crippen molar-refractivity contribution in [2.24, 2.45) is 0 Å². The minimum Gasteiger partial charge on any atom is -0.462 e. The van der Waals surface area contributed by atoms with Gasteiger partial charge >= 0.3 is 5.97 Å². The van der Waals surface area contributed by atoms with Gasteiger partial charge in [-0.25, -0.2) is 4.79 Å². The summed E-state index contributed by atoms with van der Waals surface area (Å²) in [7, 11) is 0. The van der Waals surface area contributed by atoms with Gasteiger partial charge in [0.05, 0.1) is 12.2 Å². The van der Waals surface area contributed by atoms with Gasteiger partial charge in [0, 0.05) is 24.7 Å². The average molecular weight is 295 g/mol. The van der Waals surface area contributed by atoms with Crippen LogP contribution in [0.15, 0.2) is 54.6 Å². The maximum atomic E-state index is 11.7. The van der Waals surface area contributed by atoms with Crippen LogP contribution in [0.25, 0.3) is 0 Å². The predicted molar refractivity (Wildman–Crippen MR) is 88.4 cm³/mol. The summed E-state index contributed by atoms with van der Waals surface area (Å²) in [4.78, 5) is 14.1. The molecule has 1 atom stereocenters. The summed E-state index contributed by atoms with van der Waals surface area (Å²) < 4.78 is 5.02. The van der Waals surface area contributed by atoms with Gasteiger partial charge in [-0.15, -0.1) is 0 Å². The zero-order valence-corrected chi connectivity index (χ0v) is 12.9. The molecule has 1 heterocycles. The molecule has 1 aliphatic heterocycles. The smallest absolute Gasteiger partial charge is 0.338 e. The van der Waals surface area contributed by atoms with E-state index < -0.39 is 0 Å². The molecule has 0 spiro atoms. The number of ether oxygens (including phenoxy) is 1. The van der Waals surface area contributed by atoms with Gasteiger partial charge in [0.15, 0.2) is 0 Å². The lowest BCUT2D eigenvalue weighted by Crippen LogP contribution is -2.19. The van der Waals surface area contributed by atoms with Crippen LogP contribution in [0.5, 0.6) is 0 Å². The summed E-state index contributed by atoms with van der Waals surface area (Å²) in [5.74, 6) is 0.337. The molecular formula is C19H21NO2. The Labute approximate surface area is 131 Å². The lowest BCUT2D eigenvalue weighted by molar-refractivity contribution is 0.0526. The van der Waals surface area contributed by atoms with Crippen LogP contribution in [0, 0.1) is 0 Å². The third kappa shape index (κ3) is 3.14. The van der Waals surface area contributed by atoms with Crippen molar-refractivity contribution in [1.82, 2.24) is 0 Å². The topological polar surface area (TPSA) is 29.5 Å². The molecule has 1 fully saturated rings. The van der Waals surface area contributed by atoms with Crippen molar-refractivity contribution in [2.75, 3.05) is 24.6 Å². The van der Waals surface area contributed by atoms with Gasteiger partial charge in [-0.2, -0.15) is 0 Å². The zero-order valence-electron chi connectivity index (χ0n) is 12.9. The van der Waals surface area contributed by atoms with Crippen LogP contribution in [0.4, 0.5) is 5.69 Å². The molecule has 3 heteroatoms. The van der Waals surface area contributed by atoms with Crippen molar-refractivity contribution in [3.63, 3.8) is 0 Å². The fourth-order valence-corrected chi connectivity index (χ4v) is 3.01. The number of hydrogen-bond acceptors (Lipinski definition) is 3.